The first-order valence-corrected chi connectivity index (χ1v) is 10.6. The van der Waals surface area contributed by atoms with Crippen LogP contribution in [0.1, 0.15) is 63.5 Å². The minimum atomic E-state index is -1.34. The third-order valence-corrected chi connectivity index (χ3v) is 6.15. The van der Waals surface area contributed by atoms with Crippen molar-refractivity contribution in [3.8, 4) is 0 Å². The topological polar surface area (TPSA) is 107 Å². The minimum Gasteiger partial charge on any atom is -0.480 e. The van der Waals surface area contributed by atoms with Gasteiger partial charge in [0, 0.05) is 6.04 Å². The quantitative estimate of drug-likeness (QED) is 0.342. The van der Waals surface area contributed by atoms with Crippen molar-refractivity contribution in [3.63, 3.8) is 0 Å². The van der Waals surface area contributed by atoms with Crippen LogP contribution in [-0.2, 0) is 4.79 Å². The zero-order valence-electron chi connectivity index (χ0n) is 17.0. The van der Waals surface area contributed by atoms with E-state index in [0.29, 0.717) is 25.3 Å². The maximum Gasteiger partial charge on any atom is 0.451 e. The van der Waals surface area contributed by atoms with Gasteiger partial charge in [0.25, 0.3) is 0 Å². The van der Waals surface area contributed by atoms with Gasteiger partial charge in [0.1, 0.15) is 5.54 Å². The van der Waals surface area contributed by atoms with Gasteiger partial charge in [-0.2, -0.15) is 0 Å². The highest BCUT2D eigenvalue weighted by atomic mass is 16.4. The molecule has 1 aliphatic rings. The molecule has 0 bridgehead atoms. The Morgan fingerprint density at radius 3 is 2.43 bits per heavy atom. The number of carboxylic acids is 1. The fourth-order valence-electron chi connectivity index (χ4n) is 4.47. The lowest BCUT2D eigenvalue weighted by atomic mass is 9.74. The van der Waals surface area contributed by atoms with Crippen molar-refractivity contribution in [2.75, 3.05) is 13.1 Å². The Bertz CT molecular complexity index is 593. The van der Waals surface area contributed by atoms with Gasteiger partial charge in [0.2, 0.25) is 0 Å². The largest absolute Gasteiger partial charge is 0.480 e. The molecule has 2 unspecified atom stereocenters. The molecule has 1 saturated heterocycles. The van der Waals surface area contributed by atoms with Crippen molar-refractivity contribution >= 4 is 13.1 Å². The van der Waals surface area contributed by atoms with Crippen LogP contribution in [0, 0.1) is 5.92 Å². The number of carbonyl (C=O) groups is 1. The average Bonchev–Trinajstić information content (AvgIpc) is 2.70. The molecule has 0 aliphatic carbocycles. The molecule has 0 saturated carbocycles. The predicted molar refractivity (Wildman–Crippen MR) is 112 cm³/mol. The maximum absolute atomic E-state index is 12.0. The van der Waals surface area contributed by atoms with E-state index >= 15 is 0 Å². The van der Waals surface area contributed by atoms with E-state index in [0.717, 1.165) is 38.8 Å². The van der Waals surface area contributed by atoms with Gasteiger partial charge in [0.05, 0.1) is 0 Å². The van der Waals surface area contributed by atoms with Gasteiger partial charge in [-0.1, -0.05) is 56.5 Å². The summed E-state index contributed by atoms with van der Waals surface area (Å²) in [5.41, 5.74) is 6.47. The highest BCUT2D eigenvalue weighted by molar-refractivity contribution is 6.40. The van der Waals surface area contributed by atoms with Gasteiger partial charge in [0.15, 0.2) is 0 Å². The van der Waals surface area contributed by atoms with Crippen molar-refractivity contribution in [1.29, 1.82) is 0 Å². The molecule has 6 nitrogen and oxygen atoms in total. The minimum absolute atomic E-state index is 0.0571. The number of unbranched alkanes of at least 4 members (excludes halogenated alkanes) is 1. The first-order chi connectivity index (χ1) is 13.4. The number of nitrogens with two attached hydrogens (primary N) is 1. The SMILES string of the molecule is CCCC(c1ccccc1)N1CCC(C(N)(CCCCB(O)O)C(=O)O)CC1. The van der Waals surface area contributed by atoms with Crippen molar-refractivity contribution in [3.05, 3.63) is 35.9 Å². The summed E-state index contributed by atoms with van der Waals surface area (Å²) in [5, 5.41) is 27.7. The molecule has 5 N–H and O–H groups in total. The predicted octanol–water partition coefficient (Wildman–Crippen LogP) is 2.67. The molecular weight excluding hydrogens is 355 g/mol. The van der Waals surface area contributed by atoms with Crippen LogP contribution in [0.3, 0.4) is 0 Å². The highest BCUT2D eigenvalue weighted by Crippen LogP contribution is 2.35. The van der Waals surface area contributed by atoms with E-state index in [-0.39, 0.29) is 12.2 Å². The number of rotatable bonds is 11. The van der Waals surface area contributed by atoms with Crippen molar-refractivity contribution in [1.82, 2.24) is 4.90 Å². The number of nitrogens with zero attached hydrogens (tertiary/aromatic N) is 1. The van der Waals surface area contributed by atoms with Crippen LogP contribution in [0.4, 0.5) is 0 Å². The summed E-state index contributed by atoms with van der Waals surface area (Å²) < 4.78 is 0. The molecule has 0 amide bonds. The average molecular weight is 390 g/mol. The molecule has 1 aliphatic heterocycles. The van der Waals surface area contributed by atoms with Gasteiger partial charge in [-0.25, -0.2) is 0 Å². The molecule has 0 spiro atoms. The van der Waals surface area contributed by atoms with Crippen molar-refractivity contribution < 1.29 is 19.9 Å². The molecule has 2 rings (SSSR count). The summed E-state index contributed by atoms with van der Waals surface area (Å²) in [4.78, 5) is 14.4. The Balaban J connectivity index is 1.98. The van der Waals surface area contributed by atoms with Gasteiger partial charge in [-0.15, -0.1) is 0 Å². The lowest BCUT2D eigenvalue weighted by Gasteiger charge is -2.43. The molecule has 1 aromatic rings. The first kappa shape index (κ1) is 22.9. The number of benzene rings is 1. The van der Waals surface area contributed by atoms with Crippen LogP contribution in [0.15, 0.2) is 30.3 Å². The molecule has 28 heavy (non-hydrogen) atoms. The first-order valence-electron chi connectivity index (χ1n) is 10.6. The Hall–Kier alpha value is -1.41. The molecular formula is C21H35BN2O4. The van der Waals surface area contributed by atoms with Gasteiger partial charge in [-0.3, -0.25) is 9.69 Å². The smallest absolute Gasteiger partial charge is 0.451 e. The monoisotopic (exact) mass is 390 g/mol. The van der Waals surface area contributed by atoms with Crippen molar-refractivity contribution in [2.45, 2.75) is 69.8 Å². The summed E-state index contributed by atoms with van der Waals surface area (Å²) >= 11 is 0. The molecule has 2 atom stereocenters. The van der Waals surface area contributed by atoms with Crippen LogP contribution < -0.4 is 5.73 Å². The number of aliphatic carboxylic acids is 1. The second-order valence-electron chi connectivity index (χ2n) is 8.10. The molecule has 1 fully saturated rings. The number of carboxylic acid groups (broad SMARTS) is 1. The van der Waals surface area contributed by atoms with E-state index < -0.39 is 18.6 Å². The fourth-order valence-corrected chi connectivity index (χ4v) is 4.47. The Morgan fingerprint density at radius 1 is 1.25 bits per heavy atom. The summed E-state index contributed by atoms with van der Waals surface area (Å²) in [7, 11) is -1.34. The number of likely N-dealkylation sites (tertiary alicyclic amines) is 1. The van der Waals surface area contributed by atoms with Gasteiger partial charge < -0.3 is 20.9 Å². The van der Waals surface area contributed by atoms with E-state index in [4.69, 9.17) is 15.8 Å². The fraction of sp³-hybridized carbons (Fsp3) is 0.667. The molecule has 0 radical (unpaired) electrons. The van der Waals surface area contributed by atoms with Gasteiger partial charge in [-0.05, 0) is 56.6 Å². The Labute approximate surface area is 168 Å². The third-order valence-electron chi connectivity index (χ3n) is 6.15. The van der Waals surface area contributed by atoms with Crippen molar-refractivity contribution in [2.24, 2.45) is 11.7 Å². The molecule has 7 heteroatoms. The standard InChI is InChI=1S/C21H35BN2O4/c1-2-8-19(17-9-4-3-5-10-17)24-15-11-18(12-16-24)21(23,20(25)26)13-6-7-14-22(27)28/h3-5,9-10,18-19,27-28H,2,6-8,11-16,23H2,1H3,(H,25,26). The summed E-state index contributed by atoms with van der Waals surface area (Å²) in [6.07, 6.45) is 5.52. The molecule has 1 aromatic carbocycles. The molecule has 0 aromatic heterocycles. The van der Waals surface area contributed by atoms with E-state index in [9.17, 15) is 9.90 Å². The van der Waals surface area contributed by atoms with E-state index in [1.54, 1.807) is 0 Å². The normalized spacial score (nSPS) is 19.1. The lowest BCUT2D eigenvalue weighted by molar-refractivity contribution is -0.147. The van der Waals surface area contributed by atoms with Gasteiger partial charge >= 0.3 is 13.1 Å². The second kappa shape index (κ2) is 11.0. The third kappa shape index (κ3) is 6.04. The summed E-state index contributed by atoms with van der Waals surface area (Å²) in [6, 6.07) is 10.9. The van der Waals surface area contributed by atoms with E-state index in [1.165, 1.54) is 5.56 Å². The Kier molecular flexibility index (Phi) is 8.95. The Morgan fingerprint density at radius 2 is 1.89 bits per heavy atom. The van der Waals surface area contributed by atoms with Crippen LogP contribution in [0.25, 0.3) is 0 Å². The maximum atomic E-state index is 12.0. The second-order valence-corrected chi connectivity index (χ2v) is 8.10. The van der Waals surface area contributed by atoms with E-state index in [1.807, 2.05) is 6.07 Å². The number of hydrogen-bond acceptors (Lipinski definition) is 5. The van der Waals surface area contributed by atoms with Crippen LogP contribution >= 0.6 is 0 Å². The zero-order chi connectivity index (χ0) is 20.6. The molecule has 1 heterocycles. The number of hydrogen-bond donors (Lipinski definition) is 4. The summed E-state index contributed by atoms with van der Waals surface area (Å²) in [5.74, 6) is -0.998. The van der Waals surface area contributed by atoms with Crippen LogP contribution in [0.2, 0.25) is 6.32 Å². The number of piperidine rings is 1. The highest BCUT2D eigenvalue weighted by Gasteiger charge is 2.43. The van der Waals surface area contributed by atoms with E-state index in [2.05, 4.69) is 36.1 Å². The zero-order valence-corrected chi connectivity index (χ0v) is 17.0. The molecule has 156 valence electrons. The summed E-state index contributed by atoms with van der Waals surface area (Å²) in [6.45, 7) is 3.90. The lowest BCUT2D eigenvalue weighted by Crippen LogP contribution is -2.57. The van der Waals surface area contributed by atoms with Crippen LogP contribution in [0.5, 0.6) is 0 Å². The van der Waals surface area contributed by atoms with Crippen LogP contribution in [-0.4, -0.2) is 51.8 Å².